The zero-order valence-corrected chi connectivity index (χ0v) is 9.71. The minimum absolute atomic E-state index is 0.265. The van der Waals surface area contributed by atoms with Gasteiger partial charge in [-0.3, -0.25) is 0 Å². The van der Waals surface area contributed by atoms with Gasteiger partial charge in [0.25, 0.3) is 0 Å². The number of carbonyl (C=O) groups is 1. The summed E-state index contributed by atoms with van der Waals surface area (Å²) in [4.78, 5) is 13.9. The number of aromatic nitrogens is 1. The van der Waals surface area contributed by atoms with E-state index in [1.807, 2.05) is 12.1 Å². The average Bonchev–Trinajstić information content (AvgIpc) is 2.72. The van der Waals surface area contributed by atoms with Crippen LogP contribution >= 0.6 is 11.6 Å². The van der Waals surface area contributed by atoms with Gasteiger partial charge in [0.2, 0.25) is 0 Å². The molecule has 2 aromatic rings. The Bertz CT molecular complexity index is 619. The molecule has 0 aliphatic carbocycles. The fourth-order valence-corrected chi connectivity index (χ4v) is 1.68. The molecule has 0 fully saturated rings. The highest BCUT2D eigenvalue weighted by Crippen LogP contribution is 2.19. The van der Waals surface area contributed by atoms with Crippen LogP contribution in [0.1, 0.15) is 22.3 Å². The molecule has 3 nitrogen and oxygen atoms in total. The zero-order chi connectivity index (χ0) is 12.3. The number of carboxylic acid groups (broad SMARTS) is 1. The highest BCUT2D eigenvalue weighted by Gasteiger charge is 2.09. The van der Waals surface area contributed by atoms with Crippen molar-refractivity contribution in [2.45, 2.75) is 6.42 Å². The van der Waals surface area contributed by atoms with E-state index < -0.39 is 5.97 Å². The lowest BCUT2D eigenvalue weighted by atomic mass is 10.1. The minimum atomic E-state index is -0.942. The smallest absolute Gasteiger partial charge is 0.337 e. The molecule has 0 bridgehead atoms. The molecule has 0 aliphatic rings. The summed E-state index contributed by atoms with van der Waals surface area (Å²) < 4.78 is 0. The number of carboxylic acids is 1. The summed E-state index contributed by atoms with van der Waals surface area (Å²) in [7, 11) is 0. The number of benzene rings is 1. The molecular weight excluding hydrogens is 238 g/mol. The number of rotatable bonds is 2. The first-order valence-electron chi connectivity index (χ1n) is 5.11. The first-order chi connectivity index (χ1) is 8.22. The van der Waals surface area contributed by atoms with Gasteiger partial charge in [0.15, 0.2) is 0 Å². The Morgan fingerprint density at radius 1 is 1.47 bits per heavy atom. The van der Waals surface area contributed by atoms with Crippen LogP contribution in [0.3, 0.4) is 0 Å². The molecule has 0 unspecified atom stereocenters. The normalized spacial score (nSPS) is 9.94. The van der Waals surface area contributed by atoms with Crippen LogP contribution in [0.15, 0.2) is 24.4 Å². The second-order valence-electron chi connectivity index (χ2n) is 3.51. The number of H-pyrrole nitrogens is 1. The SMILES string of the molecule is O=C(O)c1c[nH]c2ccc(C#CCCCl)cc12. The Hall–Kier alpha value is -1.92. The quantitative estimate of drug-likeness (QED) is 0.633. The Balaban J connectivity index is 2.45. The topological polar surface area (TPSA) is 53.1 Å². The fourth-order valence-electron chi connectivity index (χ4n) is 1.59. The first kappa shape index (κ1) is 11.6. The fraction of sp³-hybridized carbons (Fsp3) is 0.154. The molecule has 1 aromatic heterocycles. The lowest BCUT2D eigenvalue weighted by Crippen LogP contribution is -1.93. The first-order valence-corrected chi connectivity index (χ1v) is 5.65. The van der Waals surface area contributed by atoms with Gasteiger partial charge in [-0.1, -0.05) is 11.8 Å². The lowest BCUT2D eigenvalue weighted by Gasteiger charge is -1.94. The molecule has 0 saturated heterocycles. The molecule has 0 aliphatic heterocycles. The van der Waals surface area contributed by atoms with Gasteiger partial charge >= 0.3 is 5.97 Å². The van der Waals surface area contributed by atoms with Crippen molar-refractivity contribution in [2.75, 3.05) is 5.88 Å². The molecule has 0 radical (unpaired) electrons. The van der Waals surface area contributed by atoms with Gasteiger partial charge in [0.1, 0.15) is 0 Å². The second kappa shape index (κ2) is 4.94. The molecule has 2 N–H and O–H groups in total. The molecule has 4 heteroatoms. The molecule has 0 saturated carbocycles. The highest BCUT2D eigenvalue weighted by molar-refractivity contribution is 6.18. The number of fused-ring (bicyclic) bond motifs is 1. The van der Waals surface area contributed by atoms with Gasteiger partial charge in [-0.15, -0.1) is 11.6 Å². The molecule has 0 spiro atoms. The zero-order valence-electron chi connectivity index (χ0n) is 8.96. The van der Waals surface area contributed by atoms with Crippen molar-refractivity contribution in [1.29, 1.82) is 0 Å². The van der Waals surface area contributed by atoms with E-state index in [4.69, 9.17) is 16.7 Å². The van der Waals surface area contributed by atoms with E-state index in [9.17, 15) is 4.79 Å². The van der Waals surface area contributed by atoms with Crippen LogP contribution in [0.4, 0.5) is 0 Å². The van der Waals surface area contributed by atoms with Gasteiger partial charge < -0.3 is 10.1 Å². The Kier molecular flexibility index (Phi) is 3.36. The van der Waals surface area contributed by atoms with E-state index in [0.29, 0.717) is 17.7 Å². The van der Waals surface area contributed by atoms with Crippen molar-refractivity contribution in [1.82, 2.24) is 4.98 Å². The third-order valence-electron chi connectivity index (χ3n) is 2.36. The van der Waals surface area contributed by atoms with E-state index in [1.54, 1.807) is 6.07 Å². The van der Waals surface area contributed by atoms with Crippen molar-refractivity contribution < 1.29 is 9.90 Å². The number of alkyl halides is 1. The van der Waals surface area contributed by atoms with E-state index >= 15 is 0 Å². The van der Waals surface area contributed by atoms with Crippen LogP contribution in [0.25, 0.3) is 10.9 Å². The summed E-state index contributed by atoms with van der Waals surface area (Å²) in [6.45, 7) is 0. The maximum absolute atomic E-state index is 11.0. The predicted molar refractivity (Wildman–Crippen MR) is 67.5 cm³/mol. The van der Waals surface area contributed by atoms with Crippen molar-refractivity contribution in [2.24, 2.45) is 0 Å². The Morgan fingerprint density at radius 3 is 3.00 bits per heavy atom. The van der Waals surface area contributed by atoms with E-state index in [-0.39, 0.29) is 5.56 Å². The van der Waals surface area contributed by atoms with E-state index in [1.165, 1.54) is 6.20 Å². The Labute approximate surface area is 103 Å². The van der Waals surface area contributed by atoms with Crippen molar-refractivity contribution in [3.63, 3.8) is 0 Å². The number of aromatic amines is 1. The van der Waals surface area contributed by atoms with Crippen LogP contribution < -0.4 is 0 Å². The molecule has 2 rings (SSSR count). The number of aromatic carboxylic acids is 1. The third kappa shape index (κ3) is 2.43. The number of nitrogens with one attached hydrogen (secondary N) is 1. The second-order valence-corrected chi connectivity index (χ2v) is 3.89. The molecule has 0 atom stereocenters. The maximum atomic E-state index is 11.0. The monoisotopic (exact) mass is 247 g/mol. The lowest BCUT2D eigenvalue weighted by molar-refractivity contribution is 0.0699. The standard InChI is InChI=1S/C13H10ClNO2/c14-6-2-1-3-9-4-5-12-10(7-9)11(8-15-12)13(16)17/h4-5,7-8,15H,2,6H2,(H,16,17). The third-order valence-corrected chi connectivity index (χ3v) is 2.55. The summed E-state index contributed by atoms with van der Waals surface area (Å²) in [5.41, 5.74) is 1.86. The van der Waals surface area contributed by atoms with E-state index in [2.05, 4.69) is 16.8 Å². The summed E-state index contributed by atoms with van der Waals surface area (Å²) in [5, 5.41) is 9.68. The van der Waals surface area contributed by atoms with Crippen LogP contribution in [0.5, 0.6) is 0 Å². The van der Waals surface area contributed by atoms with Crippen LogP contribution in [0.2, 0.25) is 0 Å². The molecule has 1 heterocycles. The molecule has 0 amide bonds. The van der Waals surface area contributed by atoms with Gasteiger partial charge in [-0.25, -0.2) is 4.79 Å². The number of hydrogen-bond donors (Lipinski definition) is 2. The average molecular weight is 248 g/mol. The number of halogens is 1. The van der Waals surface area contributed by atoms with Crippen LogP contribution in [0, 0.1) is 11.8 Å². The van der Waals surface area contributed by atoms with Gasteiger partial charge in [-0.2, -0.15) is 0 Å². The summed E-state index contributed by atoms with van der Waals surface area (Å²) in [6, 6.07) is 5.45. The van der Waals surface area contributed by atoms with Gasteiger partial charge in [-0.05, 0) is 18.2 Å². The van der Waals surface area contributed by atoms with Crippen molar-refractivity contribution in [3.8, 4) is 11.8 Å². The Morgan fingerprint density at radius 2 is 2.29 bits per heavy atom. The highest BCUT2D eigenvalue weighted by atomic mass is 35.5. The molecule has 1 aromatic carbocycles. The van der Waals surface area contributed by atoms with Gasteiger partial charge in [0, 0.05) is 35.0 Å². The predicted octanol–water partition coefficient (Wildman–Crippen LogP) is 2.85. The van der Waals surface area contributed by atoms with Crippen molar-refractivity contribution in [3.05, 3.63) is 35.5 Å². The summed E-state index contributed by atoms with van der Waals surface area (Å²) >= 11 is 5.53. The summed E-state index contributed by atoms with van der Waals surface area (Å²) in [6.07, 6.45) is 2.11. The molecule has 86 valence electrons. The molecule has 17 heavy (non-hydrogen) atoms. The van der Waals surface area contributed by atoms with Crippen molar-refractivity contribution >= 4 is 28.5 Å². The number of hydrogen-bond acceptors (Lipinski definition) is 1. The maximum Gasteiger partial charge on any atom is 0.337 e. The summed E-state index contributed by atoms with van der Waals surface area (Å²) in [5.74, 6) is 5.43. The van der Waals surface area contributed by atoms with Crippen LogP contribution in [-0.4, -0.2) is 21.9 Å². The van der Waals surface area contributed by atoms with E-state index in [0.717, 1.165) is 11.1 Å². The van der Waals surface area contributed by atoms with Crippen LogP contribution in [-0.2, 0) is 0 Å². The minimum Gasteiger partial charge on any atom is -0.478 e. The molecular formula is C13H10ClNO2. The van der Waals surface area contributed by atoms with Gasteiger partial charge in [0.05, 0.1) is 5.56 Å². The largest absolute Gasteiger partial charge is 0.478 e.